The molecule has 1 aliphatic carbocycles. The highest BCUT2D eigenvalue weighted by atomic mass is 16.5. The van der Waals surface area contributed by atoms with Gasteiger partial charge in [0.15, 0.2) is 0 Å². The highest BCUT2D eigenvalue weighted by molar-refractivity contribution is 5.25. The van der Waals surface area contributed by atoms with Gasteiger partial charge in [-0.05, 0) is 11.1 Å². The van der Waals surface area contributed by atoms with Gasteiger partial charge in [0.05, 0.1) is 18.3 Å². The van der Waals surface area contributed by atoms with Gasteiger partial charge in [-0.15, -0.1) is 0 Å². The van der Waals surface area contributed by atoms with Crippen molar-refractivity contribution >= 4 is 0 Å². The maximum Gasteiger partial charge on any atom is 0.0946 e. The summed E-state index contributed by atoms with van der Waals surface area (Å²) >= 11 is 0. The van der Waals surface area contributed by atoms with Gasteiger partial charge in [-0.25, -0.2) is 0 Å². The monoisotopic (exact) mass is 254 g/mol. The van der Waals surface area contributed by atoms with Crippen molar-refractivity contribution in [2.75, 3.05) is 0 Å². The van der Waals surface area contributed by atoms with E-state index in [9.17, 15) is 5.11 Å². The van der Waals surface area contributed by atoms with Gasteiger partial charge in [0, 0.05) is 12.8 Å². The molecule has 1 saturated carbocycles. The Bertz CT molecular complexity index is 515. The van der Waals surface area contributed by atoms with E-state index in [0.29, 0.717) is 19.4 Å². The van der Waals surface area contributed by atoms with Crippen LogP contribution in [0.15, 0.2) is 60.7 Å². The molecule has 0 amide bonds. The summed E-state index contributed by atoms with van der Waals surface area (Å²) in [4.78, 5) is 0. The van der Waals surface area contributed by atoms with Crippen LogP contribution in [0, 0.1) is 0 Å². The molecule has 1 aliphatic rings. The highest BCUT2D eigenvalue weighted by Crippen LogP contribution is 2.43. The minimum absolute atomic E-state index is 0.158. The Kier molecular flexibility index (Phi) is 3.36. The first-order valence-corrected chi connectivity index (χ1v) is 6.70. The van der Waals surface area contributed by atoms with E-state index in [4.69, 9.17) is 4.74 Å². The zero-order chi connectivity index (χ0) is 13.1. The van der Waals surface area contributed by atoms with E-state index >= 15 is 0 Å². The lowest BCUT2D eigenvalue weighted by molar-refractivity contribution is -0.149. The largest absolute Gasteiger partial charge is 0.385 e. The molecule has 0 aliphatic heterocycles. The maximum atomic E-state index is 10.5. The van der Waals surface area contributed by atoms with E-state index in [1.165, 1.54) is 5.56 Å². The van der Waals surface area contributed by atoms with Gasteiger partial charge in [0.1, 0.15) is 0 Å². The molecule has 0 unspecified atom stereocenters. The Morgan fingerprint density at radius 2 is 1.53 bits per heavy atom. The lowest BCUT2D eigenvalue weighted by Gasteiger charge is -2.43. The van der Waals surface area contributed by atoms with Crippen LogP contribution in [-0.4, -0.2) is 11.2 Å². The van der Waals surface area contributed by atoms with Crippen LogP contribution in [0.1, 0.15) is 24.0 Å². The average Bonchev–Trinajstić information content (AvgIpc) is 2.44. The fourth-order valence-corrected chi connectivity index (χ4v) is 2.58. The minimum Gasteiger partial charge on any atom is -0.385 e. The molecule has 0 saturated heterocycles. The second kappa shape index (κ2) is 5.16. The Balaban J connectivity index is 1.53. The number of benzene rings is 2. The third kappa shape index (κ3) is 2.70. The first-order chi connectivity index (χ1) is 9.26. The summed E-state index contributed by atoms with van der Waals surface area (Å²) in [6.45, 7) is 0.621. The topological polar surface area (TPSA) is 29.5 Å². The summed E-state index contributed by atoms with van der Waals surface area (Å²) < 4.78 is 5.82. The van der Waals surface area contributed by atoms with Crippen molar-refractivity contribution in [3.63, 3.8) is 0 Å². The molecule has 98 valence electrons. The van der Waals surface area contributed by atoms with Gasteiger partial charge in [0.25, 0.3) is 0 Å². The van der Waals surface area contributed by atoms with Gasteiger partial charge in [-0.1, -0.05) is 60.7 Å². The Morgan fingerprint density at radius 3 is 2.16 bits per heavy atom. The predicted octanol–water partition coefficient (Wildman–Crippen LogP) is 3.25. The minimum atomic E-state index is -0.692. The fraction of sp³-hybridized carbons (Fsp3) is 0.294. The van der Waals surface area contributed by atoms with Crippen molar-refractivity contribution < 1.29 is 9.84 Å². The van der Waals surface area contributed by atoms with E-state index < -0.39 is 5.60 Å². The first kappa shape index (κ1) is 12.4. The van der Waals surface area contributed by atoms with Crippen LogP contribution in [0.4, 0.5) is 0 Å². The molecule has 0 spiro atoms. The molecule has 2 heteroatoms. The molecular formula is C17H18O2. The van der Waals surface area contributed by atoms with Crippen LogP contribution in [-0.2, 0) is 16.9 Å². The Labute approximate surface area is 113 Å². The normalized spacial score (nSPS) is 25.8. The SMILES string of the molecule is OC1(c2ccccc2)CC(OCc2ccccc2)C1. The zero-order valence-electron chi connectivity index (χ0n) is 10.8. The van der Waals surface area contributed by atoms with E-state index in [-0.39, 0.29) is 6.10 Å². The van der Waals surface area contributed by atoms with Crippen LogP contribution in [0.3, 0.4) is 0 Å². The van der Waals surface area contributed by atoms with Crippen LogP contribution in [0.5, 0.6) is 0 Å². The number of hydrogen-bond acceptors (Lipinski definition) is 2. The lowest BCUT2D eigenvalue weighted by atomic mass is 9.73. The smallest absolute Gasteiger partial charge is 0.0946 e. The van der Waals surface area contributed by atoms with Gasteiger partial charge < -0.3 is 9.84 Å². The molecule has 2 aromatic carbocycles. The molecule has 0 heterocycles. The van der Waals surface area contributed by atoms with Crippen LogP contribution in [0.25, 0.3) is 0 Å². The summed E-state index contributed by atoms with van der Waals surface area (Å²) in [6, 6.07) is 20.0. The van der Waals surface area contributed by atoms with Gasteiger partial charge >= 0.3 is 0 Å². The average molecular weight is 254 g/mol. The summed E-state index contributed by atoms with van der Waals surface area (Å²) in [7, 11) is 0. The van der Waals surface area contributed by atoms with E-state index in [1.807, 2.05) is 48.5 Å². The summed E-state index contributed by atoms with van der Waals surface area (Å²) in [5, 5.41) is 10.5. The molecular weight excluding hydrogens is 236 g/mol. The molecule has 1 fully saturated rings. The predicted molar refractivity (Wildman–Crippen MR) is 74.6 cm³/mol. The molecule has 19 heavy (non-hydrogen) atoms. The molecule has 0 aromatic heterocycles. The number of ether oxygens (including phenoxy) is 1. The summed E-state index contributed by atoms with van der Waals surface area (Å²) in [6.07, 6.45) is 1.53. The Morgan fingerprint density at radius 1 is 0.947 bits per heavy atom. The summed E-state index contributed by atoms with van der Waals surface area (Å²) in [5.74, 6) is 0. The van der Waals surface area contributed by atoms with Crippen molar-refractivity contribution in [3.8, 4) is 0 Å². The maximum absolute atomic E-state index is 10.5. The fourth-order valence-electron chi connectivity index (χ4n) is 2.58. The van der Waals surface area contributed by atoms with Crippen molar-refractivity contribution in [2.45, 2.75) is 31.2 Å². The molecule has 0 bridgehead atoms. The van der Waals surface area contributed by atoms with Gasteiger partial charge in [-0.3, -0.25) is 0 Å². The van der Waals surface area contributed by atoms with E-state index in [1.54, 1.807) is 0 Å². The first-order valence-electron chi connectivity index (χ1n) is 6.70. The van der Waals surface area contributed by atoms with Crippen molar-refractivity contribution in [2.24, 2.45) is 0 Å². The lowest BCUT2D eigenvalue weighted by Crippen LogP contribution is -2.45. The van der Waals surface area contributed by atoms with Crippen molar-refractivity contribution in [1.29, 1.82) is 0 Å². The van der Waals surface area contributed by atoms with E-state index in [0.717, 1.165) is 5.56 Å². The second-order valence-electron chi connectivity index (χ2n) is 5.22. The van der Waals surface area contributed by atoms with Crippen LogP contribution in [0.2, 0.25) is 0 Å². The molecule has 3 rings (SSSR count). The number of aliphatic hydroxyl groups is 1. The highest BCUT2D eigenvalue weighted by Gasteiger charge is 2.44. The summed E-state index contributed by atoms with van der Waals surface area (Å²) in [5.41, 5.74) is 1.48. The molecule has 2 nitrogen and oxygen atoms in total. The second-order valence-corrected chi connectivity index (χ2v) is 5.22. The molecule has 0 atom stereocenters. The van der Waals surface area contributed by atoms with Crippen molar-refractivity contribution in [1.82, 2.24) is 0 Å². The van der Waals surface area contributed by atoms with Gasteiger partial charge in [-0.2, -0.15) is 0 Å². The molecule has 0 radical (unpaired) electrons. The number of rotatable bonds is 4. The Hall–Kier alpha value is -1.64. The molecule has 2 aromatic rings. The van der Waals surface area contributed by atoms with E-state index in [2.05, 4.69) is 12.1 Å². The van der Waals surface area contributed by atoms with Crippen molar-refractivity contribution in [3.05, 3.63) is 71.8 Å². The number of hydrogen-bond donors (Lipinski definition) is 1. The van der Waals surface area contributed by atoms with Crippen LogP contribution >= 0.6 is 0 Å². The quantitative estimate of drug-likeness (QED) is 0.907. The third-order valence-corrected chi connectivity index (χ3v) is 3.77. The zero-order valence-corrected chi connectivity index (χ0v) is 10.8. The van der Waals surface area contributed by atoms with Crippen LogP contribution < -0.4 is 0 Å². The van der Waals surface area contributed by atoms with Gasteiger partial charge in [0.2, 0.25) is 0 Å². The third-order valence-electron chi connectivity index (χ3n) is 3.77. The molecule has 1 N–H and O–H groups in total. The standard InChI is InChI=1S/C17H18O2/c18-17(15-9-5-2-6-10-15)11-16(12-17)19-13-14-7-3-1-4-8-14/h1-10,16,18H,11-13H2.